The third kappa shape index (κ3) is 5.57. The van der Waals surface area contributed by atoms with Gasteiger partial charge in [-0.3, -0.25) is 0 Å². The highest BCUT2D eigenvalue weighted by atomic mass is 32.2. The van der Waals surface area contributed by atoms with Crippen molar-refractivity contribution < 1.29 is 22.1 Å². The molecule has 1 saturated heterocycles. The maximum atomic E-state index is 13.6. The van der Waals surface area contributed by atoms with Crippen LogP contribution in [-0.2, 0) is 39.3 Å². The molecule has 1 unspecified atom stereocenters. The van der Waals surface area contributed by atoms with E-state index in [0.717, 1.165) is 6.07 Å². The van der Waals surface area contributed by atoms with Gasteiger partial charge in [-0.25, -0.2) is 9.50 Å². The summed E-state index contributed by atoms with van der Waals surface area (Å²) in [4.78, 5) is 6.82. The summed E-state index contributed by atoms with van der Waals surface area (Å²) in [5, 5.41) is 4.82. The van der Waals surface area contributed by atoms with Crippen molar-refractivity contribution in [2.45, 2.75) is 51.6 Å². The Morgan fingerprint density at radius 1 is 1.17 bits per heavy atom. The van der Waals surface area contributed by atoms with E-state index >= 15 is 0 Å². The van der Waals surface area contributed by atoms with Crippen LogP contribution in [0.4, 0.5) is 24.7 Å². The molecule has 3 heterocycles. The van der Waals surface area contributed by atoms with Gasteiger partial charge in [-0.15, -0.1) is 5.10 Å². The molecule has 3 aromatic rings. The van der Waals surface area contributed by atoms with Gasteiger partial charge >= 0.3 is 6.18 Å². The quantitative estimate of drug-likeness (QED) is 0.477. The van der Waals surface area contributed by atoms with Crippen LogP contribution in [0.15, 0.2) is 24.3 Å². The first-order chi connectivity index (χ1) is 16.9. The van der Waals surface area contributed by atoms with Gasteiger partial charge in [0.15, 0.2) is 16.2 Å². The van der Waals surface area contributed by atoms with Gasteiger partial charge in [-0.1, -0.05) is 12.1 Å². The smallest absolute Gasteiger partial charge is 0.396 e. The van der Waals surface area contributed by atoms with Crippen molar-refractivity contribution in [3.8, 4) is 0 Å². The number of imidazole rings is 1. The Hall–Kier alpha value is -2.50. The van der Waals surface area contributed by atoms with E-state index in [1.165, 1.54) is 13.0 Å². The van der Waals surface area contributed by atoms with E-state index in [2.05, 4.69) is 25.7 Å². The van der Waals surface area contributed by atoms with E-state index in [-0.39, 0.29) is 34.5 Å². The predicted molar refractivity (Wildman–Crippen MR) is 137 cm³/mol. The van der Waals surface area contributed by atoms with E-state index in [1.807, 2.05) is 6.26 Å². The van der Waals surface area contributed by atoms with Crippen LogP contribution in [0.25, 0.3) is 5.65 Å². The Kier molecular flexibility index (Phi) is 7.45. The molecule has 11 heteroatoms. The van der Waals surface area contributed by atoms with Gasteiger partial charge in [-0.2, -0.15) is 17.4 Å². The molecule has 1 fully saturated rings. The SMILES string of the molecule is Cc1c(Cc2c(CO[S+](C)C(C)(C)C)nc3c(N)cc(N4CCOCC4)nn23)cccc1C(F)(F)F. The second-order valence-corrected chi connectivity index (χ2v) is 12.3. The molecule has 0 saturated carbocycles. The Bertz CT molecular complexity index is 1230. The molecule has 0 aliphatic carbocycles. The first-order valence-corrected chi connectivity index (χ1v) is 13.4. The van der Waals surface area contributed by atoms with E-state index in [9.17, 15) is 13.2 Å². The third-order valence-corrected chi connectivity index (χ3v) is 8.65. The van der Waals surface area contributed by atoms with Crippen LogP contribution in [0.5, 0.6) is 0 Å². The number of nitrogens with two attached hydrogens (primary N) is 1. The maximum absolute atomic E-state index is 13.6. The minimum atomic E-state index is -4.43. The molecule has 0 radical (unpaired) electrons. The lowest BCUT2D eigenvalue weighted by Crippen LogP contribution is -2.37. The van der Waals surface area contributed by atoms with Crippen LogP contribution in [0, 0.1) is 6.92 Å². The second-order valence-electron chi connectivity index (χ2n) is 9.89. The maximum Gasteiger partial charge on any atom is 0.416 e. The van der Waals surface area contributed by atoms with Crippen LogP contribution >= 0.6 is 0 Å². The zero-order chi connectivity index (χ0) is 26.3. The number of aromatic nitrogens is 3. The minimum Gasteiger partial charge on any atom is -0.396 e. The second kappa shape index (κ2) is 10.1. The van der Waals surface area contributed by atoms with Crippen LogP contribution in [0.3, 0.4) is 0 Å². The van der Waals surface area contributed by atoms with E-state index < -0.39 is 11.7 Å². The van der Waals surface area contributed by atoms with Crippen molar-refractivity contribution in [3.63, 3.8) is 0 Å². The molecule has 36 heavy (non-hydrogen) atoms. The highest BCUT2D eigenvalue weighted by molar-refractivity contribution is 7.92. The fraction of sp³-hybridized carbons (Fsp3) is 0.520. The highest BCUT2D eigenvalue weighted by Crippen LogP contribution is 2.34. The number of hydrogen-bond donors (Lipinski definition) is 1. The van der Waals surface area contributed by atoms with Crippen molar-refractivity contribution >= 4 is 28.3 Å². The summed E-state index contributed by atoms with van der Waals surface area (Å²) in [7, 11) is 0. The molecule has 0 amide bonds. The van der Waals surface area contributed by atoms with Crippen molar-refractivity contribution in [1.29, 1.82) is 0 Å². The third-order valence-electron chi connectivity index (χ3n) is 6.45. The molecule has 1 aromatic carbocycles. The number of fused-ring (bicyclic) bond motifs is 1. The van der Waals surface area contributed by atoms with Gasteiger partial charge in [0.05, 0.1) is 35.9 Å². The molecule has 4 rings (SSSR count). The van der Waals surface area contributed by atoms with Gasteiger partial charge in [0.1, 0.15) is 24.0 Å². The molecule has 1 aliphatic rings. The minimum absolute atomic E-state index is 0.0578. The molecule has 7 nitrogen and oxygen atoms in total. The number of hydrogen-bond acceptors (Lipinski definition) is 6. The topological polar surface area (TPSA) is 77.9 Å². The van der Waals surface area contributed by atoms with E-state index in [4.69, 9.17) is 24.7 Å². The molecule has 2 N–H and O–H groups in total. The zero-order valence-electron chi connectivity index (χ0n) is 21.3. The van der Waals surface area contributed by atoms with Crippen molar-refractivity contribution in [2.75, 3.05) is 43.2 Å². The molecule has 0 bridgehead atoms. The van der Waals surface area contributed by atoms with Gasteiger partial charge in [0.2, 0.25) is 0 Å². The van der Waals surface area contributed by atoms with Gasteiger partial charge in [-0.05, 0) is 44.9 Å². The van der Waals surface area contributed by atoms with Gasteiger partial charge in [0.25, 0.3) is 0 Å². The van der Waals surface area contributed by atoms with Crippen molar-refractivity contribution in [2.24, 2.45) is 0 Å². The summed E-state index contributed by atoms with van der Waals surface area (Å²) in [6.07, 6.45) is -2.20. The highest BCUT2D eigenvalue weighted by Gasteiger charge is 2.34. The predicted octanol–water partition coefficient (Wildman–Crippen LogP) is 4.54. The van der Waals surface area contributed by atoms with Gasteiger partial charge in [0, 0.05) is 25.6 Å². The lowest BCUT2D eigenvalue weighted by atomic mass is 9.98. The Morgan fingerprint density at radius 2 is 1.86 bits per heavy atom. The summed E-state index contributed by atoms with van der Waals surface area (Å²) in [5.74, 6) is 0.681. The average Bonchev–Trinajstić information content (AvgIpc) is 3.15. The number of rotatable bonds is 6. The number of nitrogens with zero attached hydrogens (tertiary/aromatic N) is 4. The monoisotopic (exact) mass is 524 g/mol. The van der Waals surface area contributed by atoms with Crippen LogP contribution in [-0.4, -0.2) is 51.9 Å². The number of benzene rings is 1. The summed E-state index contributed by atoms with van der Waals surface area (Å²) in [5.41, 5.74) is 8.71. The molecular weight excluding hydrogens is 491 g/mol. The Morgan fingerprint density at radius 3 is 2.50 bits per heavy atom. The first-order valence-electron chi connectivity index (χ1n) is 11.8. The fourth-order valence-corrected chi connectivity index (χ4v) is 4.68. The molecule has 1 atom stereocenters. The summed E-state index contributed by atoms with van der Waals surface area (Å²) < 4.78 is 54.0. The number of anilines is 2. The van der Waals surface area contributed by atoms with Crippen LogP contribution in [0.2, 0.25) is 0 Å². The van der Waals surface area contributed by atoms with Crippen molar-refractivity contribution in [3.05, 3.63) is 52.3 Å². The Balaban J connectivity index is 1.80. The lowest BCUT2D eigenvalue weighted by Gasteiger charge is -2.27. The van der Waals surface area contributed by atoms with Crippen molar-refractivity contribution in [1.82, 2.24) is 14.6 Å². The largest absolute Gasteiger partial charge is 0.416 e. The standard InChI is InChI=1S/C25H33F3N5O2S/c1-16-17(7-6-8-18(16)25(26,27)28)13-21-20(15-35-36(5)24(2,3)4)30-23-19(29)14-22(31-33(21)23)32-9-11-34-12-10-32/h6-8,14H,9-13,15,29H2,1-5H3/q+1. The average molecular weight is 525 g/mol. The molecule has 0 spiro atoms. The number of alkyl halides is 3. The molecule has 1 aliphatic heterocycles. The number of morpholine rings is 1. The summed E-state index contributed by atoms with van der Waals surface area (Å²) in [6, 6.07) is 6.05. The number of nitrogen functional groups attached to an aromatic ring is 1. The normalized spacial score (nSPS) is 16.1. The Labute approximate surface area is 212 Å². The molecule has 196 valence electrons. The fourth-order valence-electron chi connectivity index (χ4n) is 4.04. The first kappa shape index (κ1) is 26.6. The van der Waals surface area contributed by atoms with E-state index in [0.29, 0.717) is 60.4 Å². The van der Waals surface area contributed by atoms with Crippen LogP contribution < -0.4 is 10.6 Å². The summed E-state index contributed by atoms with van der Waals surface area (Å²) >= 11 is -0.369. The summed E-state index contributed by atoms with van der Waals surface area (Å²) in [6.45, 7) is 10.5. The molecular formula is C25H33F3N5O2S+. The number of halogens is 3. The lowest BCUT2D eigenvalue weighted by molar-refractivity contribution is -0.138. The van der Waals surface area contributed by atoms with Gasteiger partial charge < -0.3 is 15.4 Å². The molecule has 2 aromatic heterocycles. The number of ether oxygens (including phenoxy) is 1. The van der Waals surface area contributed by atoms with E-state index in [1.54, 1.807) is 16.6 Å². The zero-order valence-corrected chi connectivity index (χ0v) is 22.1. The van der Waals surface area contributed by atoms with Crippen LogP contribution in [0.1, 0.15) is 48.8 Å².